The van der Waals surface area contributed by atoms with Gasteiger partial charge in [0.25, 0.3) is 0 Å². The van der Waals surface area contributed by atoms with Crippen LogP contribution in [0.15, 0.2) is 39.3 Å². The van der Waals surface area contributed by atoms with E-state index < -0.39 is 5.82 Å². The van der Waals surface area contributed by atoms with Crippen molar-refractivity contribution in [3.05, 3.63) is 55.7 Å². The monoisotopic (exact) mass is 421 g/mol. The van der Waals surface area contributed by atoms with Gasteiger partial charge in [-0.3, -0.25) is 0 Å². The van der Waals surface area contributed by atoms with Crippen LogP contribution in [0.4, 0.5) is 4.39 Å². The number of ether oxygens (including phenoxy) is 1. The zero-order valence-corrected chi connectivity index (χ0v) is 14.4. The molecule has 0 radical (unpaired) electrons. The topological polar surface area (TPSA) is 35.2 Å². The van der Waals surface area contributed by atoms with Gasteiger partial charge >= 0.3 is 0 Å². The van der Waals surface area contributed by atoms with E-state index in [9.17, 15) is 4.39 Å². The number of benzene rings is 2. The Hall–Kier alpha value is -0.620. The summed E-state index contributed by atoms with van der Waals surface area (Å²) in [6.45, 7) is 1.89. The predicted molar refractivity (Wildman–Crippen MR) is 85.9 cm³/mol. The molecule has 0 aliphatic rings. The minimum Gasteiger partial charge on any atom is -0.456 e. The fraction of sp³-hybridized carbons (Fsp3) is 0.143. The first-order valence-electron chi connectivity index (χ1n) is 5.76. The van der Waals surface area contributed by atoms with Gasteiger partial charge in [-0.25, -0.2) is 4.39 Å². The van der Waals surface area contributed by atoms with Crippen molar-refractivity contribution in [3.8, 4) is 11.5 Å². The fourth-order valence-electron chi connectivity index (χ4n) is 1.65. The molecular formula is C14H11Br2ClFNO. The maximum Gasteiger partial charge on any atom is 0.145 e. The largest absolute Gasteiger partial charge is 0.456 e. The van der Waals surface area contributed by atoms with Crippen LogP contribution in [0.3, 0.4) is 0 Å². The second kappa shape index (κ2) is 6.43. The highest BCUT2D eigenvalue weighted by molar-refractivity contribution is 9.10. The summed E-state index contributed by atoms with van der Waals surface area (Å²) in [6, 6.07) is 8.04. The molecule has 20 heavy (non-hydrogen) atoms. The molecule has 2 aromatic carbocycles. The molecule has 6 heteroatoms. The molecule has 0 heterocycles. The average molecular weight is 424 g/mol. The van der Waals surface area contributed by atoms with E-state index in [1.807, 2.05) is 13.0 Å². The zero-order chi connectivity index (χ0) is 14.9. The summed E-state index contributed by atoms with van der Waals surface area (Å²) < 4.78 is 20.5. The minimum atomic E-state index is -0.531. The summed E-state index contributed by atoms with van der Waals surface area (Å²) >= 11 is 12.4. The van der Waals surface area contributed by atoms with Crippen molar-refractivity contribution < 1.29 is 9.13 Å². The minimum absolute atomic E-state index is 0.0395. The van der Waals surface area contributed by atoms with E-state index in [1.54, 1.807) is 12.1 Å². The summed E-state index contributed by atoms with van der Waals surface area (Å²) in [5.74, 6) is 0.396. The van der Waals surface area contributed by atoms with Gasteiger partial charge in [0.1, 0.15) is 17.3 Å². The van der Waals surface area contributed by atoms with Crippen LogP contribution < -0.4 is 10.5 Å². The average Bonchev–Trinajstić information content (AvgIpc) is 2.35. The normalized spacial score (nSPS) is 12.3. The molecular weight excluding hydrogens is 412 g/mol. The van der Waals surface area contributed by atoms with Gasteiger partial charge < -0.3 is 10.5 Å². The van der Waals surface area contributed by atoms with Gasteiger partial charge in [-0.05, 0) is 46.6 Å². The Bertz CT molecular complexity index is 649. The Morgan fingerprint density at radius 2 is 1.90 bits per heavy atom. The van der Waals surface area contributed by atoms with E-state index in [0.29, 0.717) is 16.0 Å². The van der Waals surface area contributed by atoms with Gasteiger partial charge in [0.05, 0.1) is 9.50 Å². The van der Waals surface area contributed by atoms with E-state index in [2.05, 4.69) is 31.9 Å². The number of hydrogen-bond acceptors (Lipinski definition) is 2. The summed E-state index contributed by atoms with van der Waals surface area (Å²) in [5, 5.41) is 0.0395. The van der Waals surface area contributed by atoms with Crippen LogP contribution in [0.25, 0.3) is 0 Å². The highest BCUT2D eigenvalue weighted by Gasteiger charge is 2.11. The molecule has 0 amide bonds. The third-order valence-electron chi connectivity index (χ3n) is 2.67. The van der Waals surface area contributed by atoms with Crippen molar-refractivity contribution >= 4 is 43.5 Å². The molecule has 0 fully saturated rings. The highest BCUT2D eigenvalue weighted by Crippen LogP contribution is 2.35. The Kier molecular flexibility index (Phi) is 5.07. The third kappa shape index (κ3) is 3.52. The van der Waals surface area contributed by atoms with Crippen LogP contribution in [0.1, 0.15) is 18.5 Å². The lowest BCUT2D eigenvalue weighted by Crippen LogP contribution is -2.05. The van der Waals surface area contributed by atoms with Gasteiger partial charge in [0.15, 0.2) is 0 Å². The van der Waals surface area contributed by atoms with Gasteiger partial charge in [-0.15, -0.1) is 0 Å². The number of rotatable bonds is 3. The number of nitrogens with two attached hydrogens (primary N) is 1. The second-order valence-corrected chi connectivity index (χ2v) is 6.39. The Morgan fingerprint density at radius 1 is 1.20 bits per heavy atom. The molecule has 0 aliphatic heterocycles. The van der Waals surface area contributed by atoms with Crippen molar-refractivity contribution in [2.75, 3.05) is 0 Å². The van der Waals surface area contributed by atoms with Crippen LogP contribution in [0.2, 0.25) is 5.02 Å². The van der Waals surface area contributed by atoms with Crippen LogP contribution >= 0.6 is 43.5 Å². The molecule has 0 bridgehead atoms. The first kappa shape index (κ1) is 15.8. The van der Waals surface area contributed by atoms with Crippen LogP contribution in [-0.2, 0) is 0 Å². The molecule has 0 aliphatic carbocycles. The highest BCUT2D eigenvalue weighted by atomic mass is 79.9. The van der Waals surface area contributed by atoms with Crippen molar-refractivity contribution in [1.29, 1.82) is 0 Å². The molecule has 2 nitrogen and oxygen atoms in total. The molecule has 2 N–H and O–H groups in total. The maximum atomic E-state index is 13.5. The molecule has 2 rings (SSSR count). The maximum absolute atomic E-state index is 13.5. The summed E-state index contributed by atoms with van der Waals surface area (Å²) in [7, 11) is 0. The van der Waals surface area contributed by atoms with E-state index in [4.69, 9.17) is 22.1 Å². The standard InChI is InChI=1S/C14H11Br2ClFNO/c1-7(19)9-3-2-8(4-10(9)15)20-14-6-13(18)12(17)5-11(14)16/h2-7H,19H2,1H3. The van der Waals surface area contributed by atoms with E-state index in [0.717, 1.165) is 10.0 Å². The molecule has 106 valence electrons. The quantitative estimate of drug-likeness (QED) is 0.632. The van der Waals surface area contributed by atoms with Crippen molar-refractivity contribution in [3.63, 3.8) is 0 Å². The predicted octanol–water partition coefficient (Wildman–Crippen LogP) is 5.82. The van der Waals surface area contributed by atoms with Crippen LogP contribution in [-0.4, -0.2) is 0 Å². The summed E-state index contributed by atoms with van der Waals surface area (Å²) in [6.07, 6.45) is 0. The van der Waals surface area contributed by atoms with E-state index in [-0.39, 0.29) is 11.1 Å². The lowest BCUT2D eigenvalue weighted by molar-refractivity contribution is 0.473. The van der Waals surface area contributed by atoms with E-state index >= 15 is 0 Å². The molecule has 0 spiro atoms. The lowest BCUT2D eigenvalue weighted by Gasteiger charge is -2.12. The Morgan fingerprint density at radius 3 is 2.50 bits per heavy atom. The van der Waals surface area contributed by atoms with E-state index in [1.165, 1.54) is 12.1 Å². The molecule has 2 aromatic rings. The fourth-order valence-corrected chi connectivity index (χ4v) is 3.09. The Balaban J connectivity index is 2.31. The first-order chi connectivity index (χ1) is 9.38. The van der Waals surface area contributed by atoms with Crippen LogP contribution in [0.5, 0.6) is 11.5 Å². The summed E-state index contributed by atoms with van der Waals surface area (Å²) in [5.41, 5.74) is 6.81. The molecule has 1 atom stereocenters. The summed E-state index contributed by atoms with van der Waals surface area (Å²) in [4.78, 5) is 0. The van der Waals surface area contributed by atoms with Gasteiger partial charge in [0.2, 0.25) is 0 Å². The lowest BCUT2D eigenvalue weighted by atomic mass is 10.1. The second-order valence-electron chi connectivity index (χ2n) is 4.27. The molecule has 0 aromatic heterocycles. The van der Waals surface area contributed by atoms with Crippen molar-refractivity contribution in [2.45, 2.75) is 13.0 Å². The molecule has 0 saturated carbocycles. The number of hydrogen-bond donors (Lipinski definition) is 1. The van der Waals surface area contributed by atoms with Crippen molar-refractivity contribution in [1.82, 2.24) is 0 Å². The SMILES string of the molecule is CC(N)c1ccc(Oc2cc(F)c(Cl)cc2Br)cc1Br. The van der Waals surface area contributed by atoms with Gasteiger partial charge in [-0.2, -0.15) is 0 Å². The first-order valence-corrected chi connectivity index (χ1v) is 7.72. The smallest absolute Gasteiger partial charge is 0.145 e. The number of halogens is 4. The van der Waals surface area contributed by atoms with Crippen LogP contribution in [0, 0.1) is 5.82 Å². The zero-order valence-electron chi connectivity index (χ0n) is 10.5. The van der Waals surface area contributed by atoms with Gasteiger partial charge in [-0.1, -0.05) is 33.6 Å². The molecule has 0 saturated heterocycles. The van der Waals surface area contributed by atoms with Gasteiger partial charge in [0, 0.05) is 16.6 Å². The third-order valence-corrected chi connectivity index (χ3v) is 4.26. The molecule has 1 unspecified atom stereocenters. The Labute approximate surface area is 138 Å². The van der Waals surface area contributed by atoms with Crippen molar-refractivity contribution in [2.24, 2.45) is 5.73 Å².